The molecule has 2 amide bonds. The molecular weight excluding hydrogens is 538 g/mol. The number of para-hydroxylation sites is 1. The van der Waals surface area contributed by atoms with Crippen LogP contribution in [0.4, 0.5) is 5.69 Å². The van der Waals surface area contributed by atoms with E-state index in [4.69, 9.17) is 16.3 Å². The van der Waals surface area contributed by atoms with E-state index in [2.05, 4.69) is 5.32 Å². The lowest BCUT2D eigenvalue weighted by Crippen LogP contribution is -2.53. The van der Waals surface area contributed by atoms with Gasteiger partial charge in [-0.3, -0.25) is 13.9 Å². The molecule has 0 spiro atoms. The number of carbonyl (C=O) groups excluding carboxylic acids is 2. The number of ether oxygens (including phenoxy) is 1. The largest absolute Gasteiger partial charge is 0.497 e. The molecule has 0 bridgehead atoms. The fraction of sp³-hybridized carbons (Fsp3) is 0.310. The first-order valence-electron chi connectivity index (χ1n) is 12.6. The summed E-state index contributed by atoms with van der Waals surface area (Å²) in [6.07, 6.45) is 0.343. The predicted octanol–water partition coefficient (Wildman–Crippen LogP) is 4.88. The molecule has 10 heteroatoms. The fourth-order valence-corrected chi connectivity index (χ4v) is 5.62. The summed E-state index contributed by atoms with van der Waals surface area (Å²) >= 11 is 5.98. The van der Waals surface area contributed by atoms with Gasteiger partial charge in [0.25, 0.3) is 10.0 Å². The van der Waals surface area contributed by atoms with Crippen molar-refractivity contribution in [1.82, 2.24) is 10.2 Å². The number of nitrogens with one attached hydrogen (secondary N) is 1. The summed E-state index contributed by atoms with van der Waals surface area (Å²) in [6, 6.07) is 20.4. The maximum Gasteiger partial charge on any atom is 0.264 e. The zero-order chi connectivity index (χ0) is 28.6. The summed E-state index contributed by atoms with van der Waals surface area (Å²) < 4.78 is 33.8. The van der Waals surface area contributed by atoms with Crippen LogP contribution in [0.1, 0.15) is 32.8 Å². The quantitative estimate of drug-likeness (QED) is 0.334. The summed E-state index contributed by atoms with van der Waals surface area (Å²) in [6.45, 7) is 5.11. The molecule has 0 radical (unpaired) electrons. The van der Waals surface area contributed by atoms with E-state index in [0.29, 0.717) is 22.9 Å². The normalized spacial score (nSPS) is 12.1. The number of anilines is 1. The molecule has 3 aromatic rings. The van der Waals surface area contributed by atoms with Crippen LogP contribution >= 0.6 is 11.6 Å². The van der Waals surface area contributed by atoms with E-state index >= 15 is 0 Å². The van der Waals surface area contributed by atoms with Gasteiger partial charge in [-0.15, -0.1) is 0 Å². The van der Waals surface area contributed by atoms with Crippen LogP contribution in [0.2, 0.25) is 5.02 Å². The molecule has 8 nitrogen and oxygen atoms in total. The molecule has 0 saturated heterocycles. The maximum absolute atomic E-state index is 14.0. The van der Waals surface area contributed by atoms with E-state index in [1.165, 1.54) is 29.2 Å². The second-order valence-corrected chi connectivity index (χ2v) is 11.6. The highest BCUT2D eigenvalue weighted by atomic mass is 35.5. The summed E-state index contributed by atoms with van der Waals surface area (Å²) in [5.41, 5.74) is 1.09. The number of nitrogens with zero attached hydrogens (tertiary/aromatic N) is 2. The van der Waals surface area contributed by atoms with Crippen LogP contribution in [0, 0.1) is 0 Å². The molecule has 0 saturated carbocycles. The van der Waals surface area contributed by atoms with Gasteiger partial charge in [-0.25, -0.2) is 8.42 Å². The van der Waals surface area contributed by atoms with Crippen molar-refractivity contribution in [2.75, 3.05) is 18.0 Å². The molecule has 0 aliphatic carbocycles. The fourth-order valence-electron chi connectivity index (χ4n) is 4.08. The topological polar surface area (TPSA) is 96.0 Å². The summed E-state index contributed by atoms with van der Waals surface area (Å²) in [4.78, 5) is 28.6. The van der Waals surface area contributed by atoms with Crippen molar-refractivity contribution in [2.45, 2.75) is 50.7 Å². The second-order valence-electron chi connectivity index (χ2n) is 9.26. The van der Waals surface area contributed by atoms with Gasteiger partial charge in [0, 0.05) is 17.6 Å². The number of hydrogen-bond donors (Lipinski definition) is 1. The van der Waals surface area contributed by atoms with E-state index < -0.39 is 28.5 Å². The average molecular weight is 572 g/mol. The molecule has 0 unspecified atom stereocenters. The monoisotopic (exact) mass is 571 g/mol. The third-order valence-electron chi connectivity index (χ3n) is 6.05. The molecular formula is C29H34ClN3O5S. The van der Waals surface area contributed by atoms with Crippen LogP contribution in [-0.4, -0.2) is 50.9 Å². The van der Waals surface area contributed by atoms with Gasteiger partial charge >= 0.3 is 0 Å². The van der Waals surface area contributed by atoms with Gasteiger partial charge in [0.15, 0.2) is 0 Å². The molecule has 0 aromatic heterocycles. The molecule has 3 aromatic carbocycles. The highest BCUT2D eigenvalue weighted by Crippen LogP contribution is 2.26. The Morgan fingerprint density at radius 1 is 0.949 bits per heavy atom. The second kappa shape index (κ2) is 13.5. The van der Waals surface area contributed by atoms with E-state index in [0.717, 1.165) is 9.87 Å². The third kappa shape index (κ3) is 7.74. The van der Waals surface area contributed by atoms with E-state index in [1.807, 2.05) is 32.9 Å². The molecule has 0 aliphatic heterocycles. The first kappa shape index (κ1) is 30.0. The summed E-state index contributed by atoms with van der Waals surface area (Å²) in [7, 11) is -2.58. The Morgan fingerprint density at radius 2 is 1.56 bits per heavy atom. The minimum absolute atomic E-state index is 0.00477. The molecule has 1 N–H and O–H groups in total. The summed E-state index contributed by atoms with van der Waals surface area (Å²) in [5, 5.41) is 3.27. The van der Waals surface area contributed by atoms with Gasteiger partial charge in [-0.2, -0.15) is 0 Å². The highest BCUT2D eigenvalue weighted by molar-refractivity contribution is 7.92. The Bertz CT molecular complexity index is 1350. The minimum atomic E-state index is -4.14. The molecule has 3 rings (SSSR count). The van der Waals surface area contributed by atoms with Gasteiger partial charge in [-0.1, -0.05) is 48.9 Å². The van der Waals surface area contributed by atoms with Crippen molar-refractivity contribution in [2.24, 2.45) is 0 Å². The molecule has 1 atom stereocenters. The molecule has 0 aliphatic rings. The lowest BCUT2D eigenvalue weighted by Gasteiger charge is -2.33. The molecule has 0 heterocycles. The van der Waals surface area contributed by atoms with E-state index in [1.54, 1.807) is 49.6 Å². The Labute approximate surface area is 235 Å². The van der Waals surface area contributed by atoms with E-state index in [-0.39, 0.29) is 23.4 Å². The number of halogens is 1. The van der Waals surface area contributed by atoms with E-state index in [9.17, 15) is 18.0 Å². The van der Waals surface area contributed by atoms with Gasteiger partial charge in [0.05, 0.1) is 17.7 Å². The van der Waals surface area contributed by atoms with Crippen molar-refractivity contribution < 1.29 is 22.7 Å². The van der Waals surface area contributed by atoms with Crippen molar-refractivity contribution in [3.63, 3.8) is 0 Å². The van der Waals surface area contributed by atoms with Gasteiger partial charge in [0.1, 0.15) is 18.3 Å². The molecule has 39 heavy (non-hydrogen) atoms. The van der Waals surface area contributed by atoms with Gasteiger partial charge in [0.2, 0.25) is 11.8 Å². The van der Waals surface area contributed by atoms with Crippen LogP contribution in [0.25, 0.3) is 0 Å². The number of hydrogen-bond acceptors (Lipinski definition) is 5. The van der Waals surface area contributed by atoms with Crippen molar-refractivity contribution in [3.8, 4) is 5.75 Å². The maximum atomic E-state index is 14.0. The zero-order valence-corrected chi connectivity index (χ0v) is 24.1. The predicted molar refractivity (Wildman–Crippen MR) is 153 cm³/mol. The first-order chi connectivity index (χ1) is 18.6. The molecule has 208 valence electrons. The Morgan fingerprint density at radius 3 is 2.10 bits per heavy atom. The van der Waals surface area contributed by atoms with Crippen LogP contribution in [-0.2, 0) is 26.2 Å². The van der Waals surface area contributed by atoms with Crippen LogP contribution in [0.5, 0.6) is 5.75 Å². The number of benzene rings is 3. The van der Waals surface area contributed by atoms with Crippen molar-refractivity contribution >= 4 is 39.1 Å². The lowest BCUT2D eigenvalue weighted by atomic mass is 10.1. The number of carbonyl (C=O) groups is 2. The van der Waals surface area contributed by atoms with Gasteiger partial charge < -0.3 is 15.0 Å². The number of methoxy groups -OCH3 is 1. The van der Waals surface area contributed by atoms with Crippen molar-refractivity contribution in [3.05, 3.63) is 89.4 Å². The SMILES string of the molecule is CC[C@H](C(=O)NC(C)C)N(Cc1ccc(OC)cc1)C(=O)CN(c1ccccc1)S(=O)(=O)c1ccc(Cl)cc1. The van der Waals surface area contributed by atoms with Crippen LogP contribution in [0.15, 0.2) is 83.8 Å². The first-order valence-corrected chi connectivity index (χ1v) is 14.4. The zero-order valence-electron chi connectivity index (χ0n) is 22.5. The minimum Gasteiger partial charge on any atom is -0.497 e. The summed E-state index contributed by atoms with van der Waals surface area (Å²) in [5.74, 6) is -0.162. The smallest absolute Gasteiger partial charge is 0.264 e. The number of sulfonamides is 1. The Hall–Kier alpha value is -3.56. The highest BCUT2D eigenvalue weighted by Gasteiger charge is 2.33. The lowest BCUT2D eigenvalue weighted by molar-refractivity contribution is -0.140. The third-order valence-corrected chi connectivity index (χ3v) is 8.09. The van der Waals surface area contributed by atoms with Crippen LogP contribution in [0.3, 0.4) is 0 Å². The average Bonchev–Trinajstić information content (AvgIpc) is 2.92. The number of amides is 2. The Kier molecular flexibility index (Phi) is 10.4. The van der Waals surface area contributed by atoms with Gasteiger partial charge in [-0.05, 0) is 74.4 Å². The molecule has 0 fully saturated rings. The standard InChI is InChI=1S/C29H34ClN3O5S/c1-5-27(29(35)31-21(2)3)32(19-22-11-15-25(38-4)16-12-22)28(34)20-33(24-9-7-6-8-10-24)39(36,37)26-17-13-23(30)14-18-26/h6-18,21,27H,5,19-20H2,1-4H3,(H,31,35)/t27-/m1/s1. The van der Waals surface area contributed by atoms with Crippen molar-refractivity contribution in [1.29, 1.82) is 0 Å². The van der Waals surface area contributed by atoms with Crippen LogP contribution < -0.4 is 14.4 Å². The number of rotatable bonds is 12. The Balaban J connectivity index is 2.03.